The van der Waals surface area contributed by atoms with Gasteiger partial charge in [0.25, 0.3) is 0 Å². The molecule has 2 aromatic carbocycles. The number of hydrogen-bond acceptors (Lipinski definition) is 11. The lowest BCUT2D eigenvalue weighted by Gasteiger charge is -2.39. The maximum absolute atomic E-state index is 10.5. The van der Waals surface area contributed by atoms with Crippen LogP contribution in [0.5, 0.6) is 28.7 Å². The number of aliphatic hydroxyl groups is 5. The molecule has 1 fully saturated rings. The SMILES string of the molecule is OC[C@H]1O[C@@H](Oc2cc(O)c3c(c2)O[C@H](c2ccc(O)c(O)c2)[C@@H](O)C3)[C@H](O)[C@@H](O)[C@@H]1O. The zero-order chi connectivity index (χ0) is 23.2. The summed E-state index contributed by atoms with van der Waals surface area (Å²) in [6, 6.07) is 6.58. The molecule has 0 amide bonds. The fourth-order valence-electron chi connectivity index (χ4n) is 3.82. The van der Waals surface area contributed by atoms with E-state index < -0.39 is 49.5 Å². The zero-order valence-corrected chi connectivity index (χ0v) is 16.6. The van der Waals surface area contributed by atoms with E-state index >= 15 is 0 Å². The molecular weight excluding hydrogens is 428 g/mol. The van der Waals surface area contributed by atoms with E-state index in [2.05, 4.69) is 0 Å². The molecule has 4 rings (SSSR count). The Kier molecular flexibility index (Phi) is 6.03. The molecule has 11 heteroatoms. The molecule has 0 aromatic heterocycles. The maximum Gasteiger partial charge on any atom is 0.229 e. The van der Waals surface area contributed by atoms with E-state index in [4.69, 9.17) is 14.2 Å². The highest BCUT2D eigenvalue weighted by Crippen LogP contribution is 2.43. The third-order valence-corrected chi connectivity index (χ3v) is 5.60. The second-order valence-corrected chi connectivity index (χ2v) is 7.79. The first-order chi connectivity index (χ1) is 15.2. The summed E-state index contributed by atoms with van der Waals surface area (Å²) in [5.41, 5.74) is 0.691. The van der Waals surface area contributed by atoms with Crippen LogP contribution in [0.15, 0.2) is 30.3 Å². The van der Waals surface area contributed by atoms with Crippen molar-refractivity contribution in [3.63, 3.8) is 0 Å². The van der Waals surface area contributed by atoms with Gasteiger partial charge >= 0.3 is 0 Å². The van der Waals surface area contributed by atoms with Gasteiger partial charge in [0.1, 0.15) is 47.8 Å². The first kappa shape index (κ1) is 22.4. The summed E-state index contributed by atoms with van der Waals surface area (Å²) in [5.74, 6) is -0.811. The van der Waals surface area contributed by atoms with E-state index in [9.17, 15) is 40.9 Å². The lowest BCUT2D eigenvalue weighted by molar-refractivity contribution is -0.277. The third-order valence-electron chi connectivity index (χ3n) is 5.60. The van der Waals surface area contributed by atoms with Crippen LogP contribution in [-0.2, 0) is 11.2 Å². The fraction of sp³-hybridized carbons (Fsp3) is 0.429. The Balaban J connectivity index is 1.59. The molecule has 2 heterocycles. The standard InChI is InChI=1S/C21H24O11/c22-7-16-17(27)18(28)19(29)21(32-16)30-9-4-12(24)10-6-14(26)20(31-15(10)5-9)8-1-2-11(23)13(25)3-8/h1-5,14,16-29H,6-7H2/t14-,16+,17+,18-,19+,20+,21+/m0/s1. The smallest absolute Gasteiger partial charge is 0.229 e. The minimum atomic E-state index is -1.64. The van der Waals surface area contributed by atoms with Crippen LogP contribution in [0.4, 0.5) is 0 Å². The van der Waals surface area contributed by atoms with Crippen LogP contribution < -0.4 is 9.47 Å². The largest absolute Gasteiger partial charge is 0.507 e. The van der Waals surface area contributed by atoms with Crippen molar-refractivity contribution in [2.45, 2.75) is 49.3 Å². The Hall–Kier alpha value is -2.80. The summed E-state index contributed by atoms with van der Waals surface area (Å²) < 4.78 is 16.7. The third kappa shape index (κ3) is 4.01. The van der Waals surface area contributed by atoms with Gasteiger partial charge in [0.05, 0.1) is 12.7 Å². The highest BCUT2D eigenvalue weighted by Gasteiger charge is 2.45. The first-order valence-corrected chi connectivity index (χ1v) is 9.89. The number of phenols is 3. The number of benzene rings is 2. The molecule has 0 aliphatic carbocycles. The molecule has 0 saturated carbocycles. The van der Waals surface area contributed by atoms with Gasteiger partial charge in [0.2, 0.25) is 6.29 Å². The predicted octanol–water partition coefficient (Wildman–Crippen LogP) is -0.981. The summed E-state index contributed by atoms with van der Waals surface area (Å²) in [4.78, 5) is 0. The Morgan fingerprint density at radius 1 is 0.875 bits per heavy atom. The average Bonchev–Trinajstić information content (AvgIpc) is 2.76. The Morgan fingerprint density at radius 3 is 2.31 bits per heavy atom. The normalized spacial score (nSPS) is 32.1. The number of ether oxygens (including phenoxy) is 3. The van der Waals surface area contributed by atoms with Crippen molar-refractivity contribution in [3.8, 4) is 28.7 Å². The molecule has 0 radical (unpaired) electrons. The van der Waals surface area contributed by atoms with E-state index in [1.165, 1.54) is 30.3 Å². The monoisotopic (exact) mass is 452 g/mol. The molecule has 2 aliphatic rings. The predicted molar refractivity (Wildman–Crippen MR) is 105 cm³/mol. The Labute approximate surface area is 181 Å². The van der Waals surface area contributed by atoms with Gasteiger partial charge in [-0.2, -0.15) is 0 Å². The van der Waals surface area contributed by atoms with Crippen molar-refractivity contribution in [2.75, 3.05) is 6.61 Å². The number of phenolic OH excluding ortho intramolecular Hbond substituents is 3. The summed E-state index contributed by atoms with van der Waals surface area (Å²) in [6.45, 7) is -0.623. The quantitative estimate of drug-likeness (QED) is 0.266. The number of hydrogen-bond donors (Lipinski definition) is 8. The van der Waals surface area contributed by atoms with Gasteiger partial charge in [-0.05, 0) is 17.7 Å². The van der Waals surface area contributed by atoms with Gasteiger partial charge in [-0.1, -0.05) is 6.07 Å². The molecular formula is C21H24O11. The molecule has 32 heavy (non-hydrogen) atoms. The molecule has 2 aromatic rings. The van der Waals surface area contributed by atoms with Crippen LogP contribution in [0.25, 0.3) is 0 Å². The molecule has 8 N–H and O–H groups in total. The van der Waals surface area contributed by atoms with E-state index in [-0.39, 0.29) is 35.2 Å². The van der Waals surface area contributed by atoms with Gasteiger partial charge in [0, 0.05) is 24.1 Å². The fourth-order valence-corrected chi connectivity index (χ4v) is 3.82. The second-order valence-electron chi connectivity index (χ2n) is 7.79. The second kappa shape index (κ2) is 8.62. The summed E-state index contributed by atoms with van der Waals surface area (Å²) in [5, 5.41) is 79.4. The van der Waals surface area contributed by atoms with Crippen LogP contribution in [0.1, 0.15) is 17.2 Å². The van der Waals surface area contributed by atoms with Crippen molar-refractivity contribution < 1.29 is 55.1 Å². The van der Waals surface area contributed by atoms with Crippen LogP contribution in [0.2, 0.25) is 0 Å². The first-order valence-electron chi connectivity index (χ1n) is 9.89. The van der Waals surface area contributed by atoms with Crippen molar-refractivity contribution >= 4 is 0 Å². The average molecular weight is 452 g/mol. The molecule has 0 unspecified atom stereocenters. The van der Waals surface area contributed by atoms with Crippen LogP contribution in [0, 0.1) is 0 Å². The highest BCUT2D eigenvalue weighted by molar-refractivity contribution is 5.52. The van der Waals surface area contributed by atoms with Crippen molar-refractivity contribution in [1.82, 2.24) is 0 Å². The van der Waals surface area contributed by atoms with Crippen molar-refractivity contribution in [2.24, 2.45) is 0 Å². The van der Waals surface area contributed by atoms with Crippen LogP contribution in [-0.4, -0.2) is 84.3 Å². The Morgan fingerprint density at radius 2 is 1.62 bits per heavy atom. The summed E-state index contributed by atoms with van der Waals surface area (Å²) >= 11 is 0. The Bertz CT molecular complexity index is 978. The highest BCUT2D eigenvalue weighted by atomic mass is 16.7. The van der Waals surface area contributed by atoms with Crippen LogP contribution in [0.3, 0.4) is 0 Å². The minimum absolute atomic E-state index is 0.00530. The number of rotatable bonds is 4. The molecule has 11 nitrogen and oxygen atoms in total. The van der Waals surface area contributed by atoms with Crippen LogP contribution >= 0.6 is 0 Å². The number of fused-ring (bicyclic) bond motifs is 1. The molecule has 174 valence electrons. The lowest BCUT2D eigenvalue weighted by Crippen LogP contribution is -2.60. The molecule has 0 spiro atoms. The summed E-state index contributed by atoms with van der Waals surface area (Å²) in [6.07, 6.45) is -9.39. The van der Waals surface area contributed by atoms with Gasteiger partial charge in [-0.15, -0.1) is 0 Å². The van der Waals surface area contributed by atoms with Crippen molar-refractivity contribution in [1.29, 1.82) is 0 Å². The lowest BCUT2D eigenvalue weighted by atomic mass is 9.94. The van der Waals surface area contributed by atoms with E-state index in [1.54, 1.807) is 0 Å². The summed E-state index contributed by atoms with van der Waals surface area (Å²) in [7, 11) is 0. The molecule has 0 bridgehead atoms. The number of aliphatic hydroxyl groups excluding tert-OH is 5. The topological polar surface area (TPSA) is 190 Å². The molecule has 2 aliphatic heterocycles. The maximum atomic E-state index is 10.5. The zero-order valence-electron chi connectivity index (χ0n) is 16.6. The van der Waals surface area contributed by atoms with Gasteiger partial charge in [-0.25, -0.2) is 0 Å². The van der Waals surface area contributed by atoms with E-state index in [0.29, 0.717) is 11.1 Å². The van der Waals surface area contributed by atoms with E-state index in [0.717, 1.165) is 0 Å². The molecule has 1 saturated heterocycles. The van der Waals surface area contributed by atoms with E-state index in [1.807, 2.05) is 0 Å². The van der Waals surface area contributed by atoms with Gasteiger partial charge in [0.15, 0.2) is 11.5 Å². The van der Waals surface area contributed by atoms with Gasteiger partial charge in [-0.3, -0.25) is 0 Å². The van der Waals surface area contributed by atoms with Gasteiger partial charge < -0.3 is 55.1 Å². The minimum Gasteiger partial charge on any atom is -0.507 e. The molecule has 7 atom stereocenters. The number of aromatic hydroxyl groups is 3. The van der Waals surface area contributed by atoms with Crippen molar-refractivity contribution in [3.05, 3.63) is 41.5 Å².